The second kappa shape index (κ2) is 9.09. The van der Waals surface area contributed by atoms with Gasteiger partial charge in [-0.15, -0.1) is 5.10 Å². The smallest absolute Gasteiger partial charge is 0.416 e. The summed E-state index contributed by atoms with van der Waals surface area (Å²) >= 11 is 0. The largest absolute Gasteiger partial charge is 0.494 e. The molecule has 4 rings (SSSR count). The van der Waals surface area contributed by atoms with Crippen LogP contribution in [0.2, 0.25) is 0 Å². The zero-order valence-electron chi connectivity index (χ0n) is 18.8. The van der Waals surface area contributed by atoms with Crippen molar-refractivity contribution >= 4 is 22.5 Å². The quantitative estimate of drug-likeness (QED) is 0.332. The molecule has 2 aromatic carbocycles. The summed E-state index contributed by atoms with van der Waals surface area (Å²) in [5.41, 5.74) is 3.27. The second-order valence-corrected chi connectivity index (χ2v) is 8.04. The Morgan fingerprint density at radius 3 is 2.28 bits per heavy atom. The van der Waals surface area contributed by atoms with Crippen molar-refractivity contribution < 1.29 is 36.2 Å². The number of alkyl halides is 6. The minimum atomic E-state index is -5.02. The molecular weight excluding hydrogens is 494 g/mol. The van der Waals surface area contributed by atoms with Crippen LogP contribution in [-0.2, 0) is 18.9 Å². The van der Waals surface area contributed by atoms with E-state index in [0.717, 1.165) is 0 Å². The number of nitrogens with one attached hydrogen (secondary N) is 1. The van der Waals surface area contributed by atoms with Gasteiger partial charge < -0.3 is 20.9 Å². The number of benzene rings is 2. The Labute approximate surface area is 199 Å². The molecule has 2 heterocycles. The van der Waals surface area contributed by atoms with Gasteiger partial charge in [-0.05, 0) is 42.8 Å². The lowest BCUT2D eigenvalue weighted by molar-refractivity contribution is -0.143. The van der Waals surface area contributed by atoms with Crippen LogP contribution >= 0.6 is 0 Å². The van der Waals surface area contributed by atoms with E-state index in [1.165, 1.54) is 18.5 Å². The van der Waals surface area contributed by atoms with Crippen molar-refractivity contribution in [3.8, 4) is 5.75 Å². The van der Waals surface area contributed by atoms with Crippen LogP contribution in [0.25, 0.3) is 16.6 Å². The number of fused-ring (bicyclic) bond motifs is 3. The van der Waals surface area contributed by atoms with Crippen LogP contribution in [0.15, 0.2) is 36.4 Å². The summed E-state index contributed by atoms with van der Waals surface area (Å²) in [6.07, 6.45) is -11.7. The number of rotatable bonds is 6. The van der Waals surface area contributed by atoms with Crippen LogP contribution < -0.4 is 15.8 Å². The molecule has 0 aliphatic heterocycles. The average molecular weight is 514 g/mol. The summed E-state index contributed by atoms with van der Waals surface area (Å²) in [6.45, 7) is 1.33. The number of para-hydroxylation sites is 1. The molecule has 0 amide bonds. The molecule has 0 spiro atoms. The van der Waals surface area contributed by atoms with E-state index < -0.39 is 41.2 Å². The van der Waals surface area contributed by atoms with E-state index in [4.69, 9.17) is 10.5 Å². The normalized spacial score (nSPS) is 14.4. The molecule has 0 aliphatic carbocycles. The van der Waals surface area contributed by atoms with Gasteiger partial charge in [0.05, 0.1) is 30.9 Å². The van der Waals surface area contributed by atoms with E-state index in [1.54, 1.807) is 18.2 Å². The van der Waals surface area contributed by atoms with Crippen molar-refractivity contribution in [1.82, 2.24) is 24.9 Å². The Morgan fingerprint density at radius 2 is 1.69 bits per heavy atom. The maximum absolute atomic E-state index is 13.2. The zero-order valence-corrected chi connectivity index (χ0v) is 18.8. The zero-order chi connectivity index (χ0) is 26.4. The average Bonchev–Trinajstić information content (AvgIpc) is 3.25. The van der Waals surface area contributed by atoms with Crippen LogP contribution in [0.3, 0.4) is 0 Å². The van der Waals surface area contributed by atoms with Crippen molar-refractivity contribution in [2.24, 2.45) is 0 Å². The molecule has 0 aliphatic rings. The minimum Gasteiger partial charge on any atom is -0.494 e. The third-order valence-electron chi connectivity index (χ3n) is 5.56. The van der Waals surface area contributed by atoms with E-state index >= 15 is 0 Å². The highest BCUT2D eigenvalue weighted by Crippen LogP contribution is 2.38. The highest BCUT2D eigenvalue weighted by atomic mass is 19.4. The SMILES string of the molecule is COc1cccc2c1nc(N)n1nc(CNC(C)C(O)c3cc(C(F)(F)F)cc(C(F)(F)F)c3)nc21. The van der Waals surface area contributed by atoms with Crippen molar-refractivity contribution in [2.75, 3.05) is 12.8 Å². The van der Waals surface area contributed by atoms with E-state index in [-0.39, 0.29) is 24.4 Å². The first-order valence-electron chi connectivity index (χ1n) is 10.5. The second-order valence-electron chi connectivity index (χ2n) is 8.04. The fraction of sp³-hybridized carbons (Fsp3) is 0.318. The molecule has 192 valence electrons. The molecule has 4 N–H and O–H groups in total. The Morgan fingerprint density at radius 1 is 1.06 bits per heavy atom. The fourth-order valence-electron chi connectivity index (χ4n) is 3.71. The maximum Gasteiger partial charge on any atom is 0.416 e. The van der Waals surface area contributed by atoms with Gasteiger partial charge in [0, 0.05) is 11.4 Å². The number of anilines is 1. The number of aromatic nitrogens is 4. The van der Waals surface area contributed by atoms with Gasteiger partial charge in [0.25, 0.3) is 0 Å². The van der Waals surface area contributed by atoms with Gasteiger partial charge in [-0.1, -0.05) is 6.07 Å². The van der Waals surface area contributed by atoms with Gasteiger partial charge in [0.15, 0.2) is 11.5 Å². The van der Waals surface area contributed by atoms with Crippen molar-refractivity contribution in [1.29, 1.82) is 0 Å². The molecule has 0 bridgehead atoms. The Bertz CT molecular complexity index is 1390. The number of nitrogens with zero attached hydrogens (tertiary/aromatic N) is 4. The number of aliphatic hydroxyl groups is 1. The van der Waals surface area contributed by atoms with Crippen LogP contribution in [0.4, 0.5) is 32.3 Å². The first-order valence-corrected chi connectivity index (χ1v) is 10.5. The van der Waals surface area contributed by atoms with E-state index in [0.29, 0.717) is 34.4 Å². The molecule has 36 heavy (non-hydrogen) atoms. The lowest BCUT2D eigenvalue weighted by Gasteiger charge is -2.22. The van der Waals surface area contributed by atoms with Crippen LogP contribution in [-0.4, -0.2) is 37.8 Å². The summed E-state index contributed by atoms with van der Waals surface area (Å²) in [5, 5.41) is 18.2. The van der Waals surface area contributed by atoms with Gasteiger partial charge in [-0.25, -0.2) is 9.97 Å². The maximum atomic E-state index is 13.2. The standard InChI is InChI=1S/C22H20F6N6O2/c1-10(18(35)11-6-12(21(23,24)25)8-13(7-11)22(26,27)28)30-9-16-31-19-14-4-3-5-15(36-2)17(14)32-20(29)34(19)33-16/h3-8,10,18,30,35H,9H2,1-2H3,(H2,29,32). The predicted molar refractivity (Wildman–Crippen MR) is 117 cm³/mol. The molecule has 14 heteroatoms. The summed E-state index contributed by atoms with van der Waals surface area (Å²) in [6, 6.07) is 5.20. The molecule has 0 saturated heterocycles. The topological polar surface area (TPSA) is 111 Å². The molecule has 4 aromatic rings. The number of nitrogens with two attached hydrogens (primary N) is 1. The van der Waals surface area contributed by atoms with Gasteiger partial charge in [-0.2, -0.15) is 30.9 Å². The van der Waals surface area contributed by atoms with Crippen molar-refractivity contribution in [3.05, 3.63) is 58.9 Å². The Kier molecular flexibility index (Phi) is 6.43. The summed E-state index contributed by atoms with van der Waals surface area (Å²) in [5.74, 6) is 0.704. The summed E-state index contributed by atoms with van der Waals surface area (Å²) in [4.78, 5) is 8.68. The monoisotopic (exact) mass is 514 g/mol. The van der Waals surface area contributed by atoms with E-state index in [9.17, 15) is 31.4 Å². The van der Waals surface area contributed by atoms with Crippen molar-refractivity contribution in [3.63, 3.8) is 0 Å². The van der Waals surface area contributed by atoms with Gasteiger partial charge in [0.2, 0.25) is 5.95 Å². The number of hydrogen-bond acceptors (Lipinski definition) is 7. The molecule has 0 fully saturated rings. The highest BCUT2D eigenvalue weighted by Gasteiger charge is 2.37. The summed E-state index contributed by atoms with van der Waals surface area (Å²) < 4.78 is 85.5. The van der Waals surface area contributed by atoms with Gasteiger partial charge >= 0.3 is 12.4 Å². The van der Waals surface area contributed by atoms with Crippen LogP contribution in [0.5, 0.6) is 5.75 Å². The fourth-order valence-corrected chi connectivity index (χ4v) is 3.71. The Hall–Kier alpha value is -3.65. The van der Waals surface area contributed by atoms with Crippen LogP contribution in [0, 0.1) is 0 Å². The number of methoxy groups -OCH3 is 1. The molecule has 8 nitrogen and oxygen atoms in total. The van der Waals surface area contributed by atoms with Crippen LogP contribution in [0.1, 0.15) is 35.5 Å². The highest BCUT2D eigenvalue weighted by molar-refractivity contribution is 5.95. The molecule has 0 radical (unpaired) electrons. The molecular formula is C22H20F6N6O2. The minimum absolute atomic E-state index is 0.00660. The number of hydrogen-bond donors (Lipinski definition) is 3. The van der Waals surface area contributed by atoms with Gasteiger partial charge in [0.1, 0.15) is 11.3 Å². The Balaban J connectivity index is 1.59. The number of aliphatic hydroxyl groups excluding tert-OH is 1. The lowest BCUT2D eigenvalue weighted by Crippen LogP contribution is -2.32. The van der Waals surface area contributed by atoms with Gasteiger partial charge in [-0.3, -0.25) is 0 Å². The lowest BCUT2D eigenvalue weighted by atomic mass is 9.97. The number of ether oxygens (including phenoxy) is 1. The van der Waals surface area contributed by atoms with E-state index in [1.807, 2.05) is 0 Å². The molecule has 0 saturated carbocycles. The third-order valence-corrected chi connectivity index (χ3v) is 5.56. The molecule has 2 atom stereocenters. The number of nitrogen functional groups attached to an aromatic ring is 1. The predicted octanol–water partition coefficient (Wildman–Crippen LogP) is 4.12. The summed E-state index contributed by atoms with van der Waals surface area (Å²) in [7, 11) is 1.48. The third kappa shape index (κ3) is 4.86. The van der Waals surface area contributed by atoms with E-state index in [2.05, 4.69) is 20.4 Å². The first kappa shape index (κ1) is 25.4. The number of halogens is 6. The molecule has 2 unspecified atom stereocenters. The molecule has 2 aromatic heterocycles. The first-order chi connectivity index (χ1) is 16.8. The van der Waals surface area contributed by atoms with Crippen molar-refractivity contribution in [2.45, 2.75) is 38.0 Å².